The smallest absolute Gasteiger partial charge is 0.378 e. The molecule has 0 aromatic heterocycles. The van der Waals surface area contributed by atoms with Gasteiger partial charge in [-0.2, -0.15) is 13.2 Å². The highest BCUT2D eigenvalue weighted by molar-refractivity contribution is 9.10. The second kappa shape index (κ2) is 6.01. The van der Waals surface area contributed by atoms with Crippen LogP contribution in [0.4, 0.5) is 27.6 Å². The lowest BCUT2D eigenvalue weighted by Crippen LogP contribution is -2.12. The summed E-state index contributed by atoms with van der Waals surface area (Å²) in [5.41, 5.74) is -0.912. The van der Waals surface area contributed by atoms with Crippen molar-refractivity contribution >= 4 is 21.6 Å². The first-order chi connectivity index (χ1) is 9.79. The molecule has 2 rings (SSSR count). The van der Waals surface area contributed by atoms with E-state index in [9.17, 15) is 22.0 Å². The monoisotopic (exact) mass is 365 g/mol. The van der Waals surface area contributed by atoms with Crippen LogP contribution in [0, 0.1) is 11.6 Å². The van der Waals surface area contributed by atoms with E-state index >= 15 is 0 Å². The molecule has 21 heavy (non-hydrogen) atoms. The number of hydrogen-bond donors (Lipinski definition) is 1. The fourth-order valence-corrected chi connectivity index (χ4v) is 2.39. The first-order valence-electron chi connectivity index (χ1n) is 5.82. The second-order valence-electron chi connectivity index (χ2n) is 4.25. The minimum Gasteiger partial charge on any atom is -0.378 e. The van der Waals surface area contributed by atoms with Crippen LogP contribution < -0.4 is 5.32 Å². The standard InChI is InChI=1S/C14H9BrF5N/c15-11-5-9(16)6-12(17)13(11)21-7-8-3-1-2-4-10(8)14(18,19)20/h1-6,21H,7H2. The highest BCUT2D eigenvalue weighted by Gasteiger charge is 2.32. The molecular weight excluding hydrogens is 357 g/mol. The van der Waals surface area contributed by atoms with Crippen molar-refractivity contribution in [3.05, 3.63) is 63.6 Å². The molecule has 0 aliphatic rings. The third kappa shape index (κ3) is 3.72. The molecule has 1 nitrogen and oxygen atoms in total. The van der Waals surface area contributed by atoms with Gasteiger partial charge in [0.2, 0.25) is 0 Å². The quantitative estimate of drug-likeness (QED) is 0.722. The fourth-order valence-electron chi connectivity index (χ4n) is 1.85. The molecule has 0 bridgehead atoms. The zero-order chi connectivity index (χ0) is 15.6. The Morgan fingerprint density at radius 2 is 1.71 bits per heavy atom. The molecule has 0 spiro atoms. The summed E-state index contributed by atoms with van der Waals surface area (Å²) in [6.45, 7) is -0.239. The van der Waals surface area contributed by atoms with Gasteiger partial charge in [-0.25, -0.2) is 8.78 Å². The highest BCUT2D eigenvalue weighted by atomic mass is 79.9. The Labute approximate surface area is 125 Å². The van der Waals surface area contributed by atoms with Crippen LogP contribution >= 0.6 is 15.9 Å². The molecule has 2 aromatic rings. The van der Waals surface area contributed by atoms with Crippen molar-refractivity contribution in [2.75, 3.05) is 5.32 Å². The molecular formula is C14H9BrF5N. The fraction of sp³-hybridized carbons (Fsp3) is 0.143. The Morgan fingerprint density at radius 1 is 1.05 bits per heavy atom. The van der Waals surface area contributed by atoms with E-state index in [4.69, 9.17) is 0 Å². The van der Waals surface area contributed by atoms with E-state index in [0.29, 0.717) is 6.07 Å². The Bertz CT molecular complexity index is 631. The summed E-state index contributed by atoms with van der Waals surface area (Å²) in [6, 6.07) is 6.67. The minimum atomic E-state index is -4.49. The molecule has 0 radical (unpaired) electrons. The summed E-state index contributed by atoms with van der Waals surface area (Å²) in [4.78, 5) is 0. The van der Waals surface area contributed by atoms with Crippen LogP contribution in [-0.4, -0.2) is 0 Å². The summed E-state index contributed by atoms with van der Waals surface area (Å²) < 4.78 is 65.1. The van der Waals surface area contributed by atoms with Gasteiger partial charge >= 0.3 is 6.18 Å². The van der Waals surface area contributed by atoms with Crippen molar-refractivity contribution in [2.45, 2.75) is 12.7 Å². The summed E-state index contributed by atoms with van der Waals surface area (Å²) in [5.74, 6) is -1.66. The van der Waals surface area contributed by atoms with Gasteiger partial charge in [0.05, 0.1) is 11.3 Å². The molecule has 0 aliphatic heterocycles. The molecule has 112 valence electrons. The first kappa shape index (κ1) is 15.8. The molecule has 0 atom stereocenters. The third-order valence-electron chi connectivity index (χ3n) is 2.79. The Morgan fingerprint density at radius 3 is 2.33 bits per heavy atom. The van der Waals surface area contributed by atoms with Crippen molar-refractivity contribution < 1.29 is 22.0 Å². The normalized spacial score (nSPS) is 11.5. The molecule has 0 aliphatic carbocycles. The summed E-state index contributed by atoms with van der Waals surface area (Å²) >= 11 is 2.96. The minimum absolute atomic E-state index is 0.0272. The van der Waals surface area contributed by atoms with E-state index in [1.54, 1.807) is 0 Å². The molecule has 2 aromatic carbocycles. The number of nitrogens with one attached hydrogen (secondary N) is 1. The van der Waals surface area contributed by atoms with Crippen molar-refractivity contribution in [3.8, 4) is 0 Å². The van der Waals surface area contributed by atoms with Gasteiger partial charge in [-0.1, -0.05) is 18.2 Å². The van der Waals surface area contributed by atoms with Gasteiger partial charge in [0.1, 0.15) is 11.6 Å². The number of halogens is 6. The largest absolute Gasteiger partial charge is 0.416 e. The van der Waals surface area contributed by atoms with Gasteiger partial charge < -0.3 is 5.32 Å². The summed E-state index contributed by atoms with van der Waals surface area (Å²) in [7, 11) is 0. The molecule has 0 saturated carbocycles. The topological polar surface area (TPSA) is 12.0 Å². The van der Waals surface area contributed by atoms with Crippen LogP contribution in [0.25, 0.3) is 0 Å². The van der Waals surface area contributed by atoms with Crippen LogP contribution in [0.5, 0.6) is 0 Å². The molecule has 0 fully saturated rings. The van der Waals surface area contributed by atoms with Gasteiger partial charge in [0, 0.05) is 17.1 Å². The van der Waals surface area contributed by atoms with Crippen LogP contribution in [0.3, 0.4) is 0 Å². The SMILES string of the molecule is Fc1cc(F)c(NCc2ccccc2C(F)(F)F)c(Br)c1. The van der Waals surface area contributed by atoms with Crippen LogP contribution in [0.15, 0.2) is 40.9 Å². The maximum Gasteiger partial charge on any atom is 0.416 e. The van der Waals surface area contributed by atoms with Gasteiger partial charge in [0.15, 0.2) is 0 Å². The number of hydrogen-bond acceptors (Lipinski definition) is 1. The van der Waals surface area contributed by atoms with E-state index in [0.717, 1.165) is 12.1 Å². The van der Waals surface area contributed by atoms with Crippen molar-refractivity contribution in [3.63, 3.8) is 0 Å². The Balaban J connectivity index is 2.26. The lowest BCUT2D eigenvalue weighted by Gasteiger charge is -2.15. The van der Waals surface area contributed by atoms with Crippen LogP contribution in [0.1, 0.15) is 11.1 Å². The van der Waals surface area contributed by atoms with E-state index in [-0.39, 0.29) is 22.3 Å². The third-order valence-corrected chi connectivity index (χ3v) is 3.41. The van der Waals surface area contributed by atoms with E-state index in [1.165, 1.54) is 18.2 Å². The molecule has 1 N–H and O–H groups in total. The summed E-state index contributed by atoms with van der Waals surface area (Å²) in [6.07, 6.45) is -4.49. The van der Waals surface area contributed by atoms with E-state index in [1.807, 2.05) is 0 Å². The second-order valence-corrected chi connectivity index (χ2v) is 5.11. The maximum absolute atomic E-state index is 13.6. The van der Waals surface area contributed by atoms with Crippen LogP contribution in [-0.2, 0) is 12.7 Å². The van der Waals surface area contributed by atoms with Gasteiger partial charge in [0.25, 0.3) is 0 Å². The molecule has 0 amide bonds. The average molecular weight is 366 g/mol. The predicted octanol–water partition coefficient (Wildman–Crippen LogP) is 5.36. The Kier molecular flexibility index (Phi) is 4.51. The highest BCUT2D eigenvalue weighted by Crippen LogP contribution is 2.33. The summed E-state index contributed by atoms with van der Waals surface area (Å²) in [5, 5.41) is 2.55. The number of anilines is 1. The number of rotatable bonds is 3. The number of alkyl halides is 3. The molecule has 0 unspecified atom stereocenters. The zero-order valence-electron chi connectivity index (χ0n) is 10.4. The lowest BCUT2D eigenvalue weighted by molar-refractivity contribution is -0.138. The van der Waals surface area contributed by atoms with E-state index < -0.39 is 23.4 Å². The Hall–Kier alpha value is -1.63. The molecule has 7 heteroatoms. The van der Waals surface area contributed by atoms with Crippen LogP contribution in [0.2, 0.25) is 0 Å². The molecule has 0 saturated heterocycles. The maximum atomic E-state index is 13.6. The van der Waals surface area contributed by atoms with Crippen molar-refractivity contribution in [2.24, 2.45) is 0 Å². The lowest BCUT2D eigenvalue weighted by atomic mass is 10.1. The zero-order valence-corrected chi connectivity index (χ0v) is 12.0. The first-order valence-corrected chi connectivity index (χ1v) is 6.62. The number of benzene rings is 2. The molecule has 0 heterocycles. The van der Waals surface area contributed by atoms with Gasteiger partial charge in [-0.15, -0.1) is 0 Å². The van der Waals surface area contributed by atoms with Crippen molar-refractivity contribution in [1.29, 1.82) is 0 Å². The van der Waals surface area contributed by atoms with Gasteiger partial charge in [-0.3, -0.25) is 0 Å². The average Bonchev–Trinajstić information content (AvgIpc) is 2.36. The van der Waals surface area contributed by atoms with Crippen molar-refractivity contribution in [1.82, 2.24) is 0 Å². The van der Waals surface area contributed by atoms with Gasteiger partial charge in [-0.05, 0) is 33.6 Å². The predicted molar refractivity (Wildman–Crippen MR) is 72.8 cm³/mol. The van der Waals surface area contributed by atoms with E-state index in [2.05, 4.69) is 21.2 Å².